The average molecular weight is 262 g/mol. The summed E-state index contributed by atoms with van der Waals surface area (Å²) in [6.07, 6.45) is 0.926. The Labute approximate surface area is 117 Å². The molecule has 3 nitrogen and oxygen atoms in total. The third-order valence-corrected chi connectivity index (χ3v) is 3.68. The number of nitrogens with zero attached hydrogens (tertiary/aromatic N) is 1. The van der Waals surface area contributed by atoms with Crippen LogP contribution in [0.3, 0.4) is 0 Å². The van der Waals surface area contributed by atoms with Crippen molar-refractivity contribution in [3.05, 3.63) is 29.8 Å². The van der Waals surface area contributed by atoms with Crippen LogP contribution < -0.4 is 5.32 Å². The number of benzene rings is 1. The van der Waals surface area contributed by atoms with Gasteiger partial charge in [-0.2, -0.15) is 0 Å². The highest BCUT2D eigenvalue weighted by atomic mass is 16.2. The number of hydrogen-bond donors (Lipinski definition) is 1. The molecule has 0 saturated heterocycles. The van der Waals surface area contributed by atoms with Gasteiger partial charge in [-0.05, 0) is 46.2 Å². The van der Waals surface area contributed by atoms with Crippen LogP contribution in [0.5, 0.6) is 0 Å². The molecule has 1 aromatic rings. The summed E-state index contributed by atoms with van der Waals surface area (Å²) >= 11 is 0. The van der Waals surface area contributed by atoms with Gasteiger partial charge in [-0.25, -0.2) is 0 Å². The van der Waals surface area contributed by atoms with Crippen LogP contribution >= 0.6 is 0 Å². The summed E-state index contributed by atoms with van der Waals surface area (Å²) in [6.45, 7) is 10.4. The molecule has 0 aliphatic rings. The van der Waals surface area contributed by atoms with Crippen LogP contribution in [0.2, 0.25) is 0 Å². The van der Waals surface area contributed by atoms with E-state index in [1.54, 1.807) is 0 Å². The van der Waals surface area contributed by atoms with Crippen molar-refractivity contribution in [2.24, 2.45) is 0 Å². The van der Waals surface area contributed by atoms with Crippen molar-refractivity contribution in [3.8, 4) is 0 Å². The summed E-state index contributed by atoms with van der Waals surface area (Å²) in [5.41, 5.74) is 1.50. The first-order valence-corrected chi connectivity index (χ1v) is 6.93. The third kappa shape index (κ3) is 3.72. The van der Waals surface area contributed by atoms with Gasteiger partial charge in [0.2, 0.25) is 0 Å². The van der Waals surface area contributed by atoms with Gasteiger partial charge in [0.1, 0.15) is 0 Å². The maximum absolute atomic E-state index is 12.6. The van der Waals surface area contributed by atoms with Crippen molar-refractivity contribution < 1.29 is 4.79 Å². The van der Waals surface area contributed by atoms with E-state index in [2.05, 4.69) is 39.9 Å². The van der Waals surface area contributed by atoms with Gasteiger partial charge in [-0.3, -0.25) is 4.79 Å². The lowest BCUT2D eigenvalue weighted by Crippen LogP contribution is -2.44. The zero-order chi connectivity index (χ0) is 14.6. The first-order valence-electron chi connectivity index (χ1n) is 6.93. The molecule has 1 rings (SSSR count). The minimum Gasteiger partial charge on any atom is -0.382 e. The Morgan fingerprint density at radius 1 is 1.32 bits per heavy atom. The van der Waals surface area contributed by atoms with Crippen LogP contribution in [-0.2, 0) is 0 Å². The standard InChI is InChI=1S/C16H26N2O/c1-7-16(4,5)18(6)15(19)13-10-8-9-11-14(13)17-12(2)3/h8-12,17H,7H2,1-6H3. The Hall–Kier alpha value is -1.51. The van der Waals surface area contributed by atoms with Crippen molar-refractivity contribution in [2.45, 2.75) is 52.6 Å². The molecule has 0 spiro atoms. The Kier molecular flexibility index (Phi) is 4.98. The number of hydrogen-bond acceptors (Lipinski definition) is 2. The first-order chi connectivity index (χ1) is 8.79. The molecule has 0 aliphatic heterocycles. The topological polar surface area (TPSA) is 32.3 Å². The number of rotatable bonds is 5. The third-order valence-electron chi connectivity index (χ3n) is 3.68. The molecule has 1 aromatic carbocycles. The quantitative estimate of drug-likeness (QED) is 0.876. The van der Waals surface area contributed by atoms with Gasteiger partial charge in [-0.1, -0.05) is 19.1 Å². The van der Waals surface area contributed by atoms with Crippen LogP contribution in [0, 0.1) is 0 Å². The minimum absolute atomic E-state index is 0.0654. The Morgan fingerprint density at radius 2 is 1.89 bits per heavy atom. The lowest BCUT2D eigenvalue weighted by atomic mass is 9.98. The summed E-state index contributed by atoms with van der Waals surface area (Å²) in [5, 5.41) is 3.33. The Balaban J connectivity index is 3.06. The Morgan fingerprint density at radius 3 is 2.42 bits per heavy atom. The second-order valence-electron chi connectivity index (χ2n) is 5.87. The highest BCUT2D eigenvalue weighted by Crippen LogP contribution is 2.23. The highest BCUT2D eigenvalue weighted by Gasteiger charge is 2.27. The summed E-state index contributed by atoms with van der Waals surface area (Å²) in [6, 6.07) is 8.01. The van der Waals surface area contributed by atoms with Crippen molar-refractivity contribution in [1.29, 1.82) is 0 Å². The molecule has 0 radical (unpaired) electrons. The second kappa shape index (κ2) is 6.09. The zero-order valence-corrected chi connectivity index (χ0v) is 12.9. The maximum atomic E-state index is 12.6. The zero-order valence-electron chi connectivity index (χ0n) is 12.9. The van der Waals surface area contributed by atoms with Crippen molar-refractivity contribution >= 4 is 11.6 Å². The number of carbonyl (C=O) groups is 1. The van der Waals surface area contributed by atoms with Gasteiger partial charge < -0.3 is 10.2 Å². The van der Waals surface area contributed by atoms with Crippen LogP contribution in [0.4, 0.5) is 5.69 Å². The van der Waals surface area contributed by atoms with Crippen LogP contribution in [0.1, 0.15) is 51.4 Å². The molecule has 0 saturated carbocycles. The molecular formula is C16H26N2O. The number of para-hydroxylation sites is 1. The predicted molar refractivity (Wildman–Crippen MR) is 81.7 cm³/mol. The number of amides is 1. The molecule has 106 valence electrons. The second-order valence-corrected chi connectivity index (χ2v) is 5.87. The Bertz CT molecular complexity index is 438. The van der Waals surface area contributed by atoms with Crippen LogP contribution in [0.25, 0.3) is 0 Å². The monoisotopic (exact) mass is 262 g/mol. The van der Waals surface area contributed by atoms with E-state index in [1.807, 2.05) is 36.2 Å². The van der Waals surface area contributed by atoms with E-state index in [9.17, 15) is 4.79 Å². The molecule has 0 fully saturated rings. The van der Waals surface area contributed by atoms with Gasteiger partial charge in [0.15, 0.2) is 0 Å². The van der Waals surface area contributed by atoms with Crippen molar-refractivity contribution in [2.75, 3.05) is 12.4 Å². The summed E-state index contributed by atoms with van der Waals surface area (Å²) in [5.74, 6) is 0.0654. The van der Waals surface area contributed by atoms with E-state index in [-0.39, 0.29) is 11.4 Å². The van der Waals surface area contributed by atoms with Crippen LogP contribution in [-0.4, -0.2) is 29.4 Å². The van der Waals surface area contributed by atoms with E-state index in [4.69, 9.17) is 0 Å². The van der Waals surface area contributed by atoms with Gasteiger partial charge in [-0.15, -0.1) is 0 Å². The van der Waals surface area contributed by atoms with E-state index < -0.39 is 0 Å². The predicted octanol–water partition coefficient (Wildman–Crippen LogP) is 3.77. The smallest absolute Gasteiger partial charge is 0.256 e. The SMILES string of the molecule is CCC(C)(C)N(C)C(=O)c1ccccc1NC(C)C. The summed E-state index contributed by atoms with van der Waals surface area (Å²) in [4.78, 5) is 14.5. The van der Waals surface area contributed by atoms with E-state index in [0.29, 0.717) is 6.04 Å². The molecule has 0 aliphatic carbocycles. The highest BCUT2D eigenvalue weighted by molar-refractivity contribution is 5.99. The molecule has 0 heterocycles. The molecule has 0 aromatic heterocycles. The molecular weight excluding hydrogens is 236 g/mol. The van der Waals surface area contributed by atoms with Gasteiger partial charge in [0.05, 0.1) is 5.56 Å². The fourth-order valence-corrected chi connectivity index (χ4v) is 1.80. The van der Waals surface area contributed by atoms with Gasteiger partial charge in [0, 0.05) is 24.3 Å². The summed E-state index contributed by atoms with van der Waals surface area (Å²) in [7, 11) is 1.87. The number of carbonyl (C=O) groups excluding carboxylic acids is 1. The van der Waals surface area contributed by atoms with Crippen molar-refractivity contribution in [3.63, 3.8) is 0 Å². The van der Waals surface area contributed by atoms with E-state index in [0.717, 1.165) is 17.7 Å². The molecule has 0 atom stereocenters. The summed E-state index contributed by atoms with van der Waals surface area (Å²) < 4.78 is 0. The molecule has 1 amide bonds. The van der Waals surface area contributed by atoms with Gasteiger partial charge >= 0.3 is 0 Å². The average Bonchev–Trinajstić information content (AvgIpc) is 2.37. The first kappa shape index (κ1) is 15.5. The molecule has 0 unspecified atom stereocenters. The van der Waals surface area contributed by atoms with E-state index >= 15 is 0 Å². The van der Waals surface area contributed by atoms with Crippen LogP contribution in [0.15, 0.2) is 24.3 Å². The van der Waals surface area contributed by atoms with E-state index in [1.165, 1.54) is 0 Å². The fourth-order valence-electron chi connectivity index (χ4n) is 1.80. The lowest BCUT2D eigenvalue weighted by molar-refractivity contribution is 0.0621. The minimum atomic E-state index is -0.137. The molecule has 1 N–H and O–H groups in total. The number of nitrogens with one attached hydrogen (secondary N) is 1. The molecule has 3 heteroatoms. The maximum Gasteiger partial charge on any atom is 0.256 e. The normalized spacial score (nSPS) is 11.5. The fraction of sp³-hybridized carbons (Fsp3) is 0.562. The van der Waals surface area contributed by atoms with Crippen molar-refractivity contribution in [1.82, 2.24) is 4.90 Å². The lowest BCUT2D eigenvalue weighted by Gasteiger charge is -2.35. The molecule has 0 bridgehead atoms. The molecule has 19 heavy (non-hydrogen) atoms. The van der Waals surface area contributed by atoms with Gasteiger partial charge in [0.25, 0.3) is 5.91 Å². The number of anilines is 1. The largest absolute Gasteiger partial charge is 0.382 e.